The second kappa shape index (κ2) is 6.12. The van der Waals surface area contributed by atoms with Crippen LogP contribution in [0.2, 0.25) is 0 Å². The van der Waals surface area contributed by atoms with Crippen molar-refractivity contribution in [1.29, 1.82) is 0 Å². The Hall–Kier alpha value is -1.82. The van der Waals surface area contributed by atoms with Gasteiger partial charge < -0.3 is 4.90 Å². The van der Waals surface area contributed by atoms with Gasteiger partial charge in [-0.05, 0) is 39.7 Å². The van der Waals surface area contributed by atoms with Crippen LogP contribution in [0.4, 0.5) is 0 Å². The van der Waals surface area contributed by atoms with E-state index in [9.17, 15) is 4.79 Å². The summed E-state index contributed by atoms with van der Waals surface area (Å²) in [6.07, 6.45) is 3.67. The summed E-state index contributed by atoms with van der Waals surface area (Å²) >= 11 is 1.76. The van der Waals surface area contributed by atoms with E-state index in [1.54, 1.807) is 23.6 Å². The molecule has 1 fully saturated rings. The average molecular weight is 316 g/mol. The Balaban J connectivity index is 1.76. The highest BCUT2D eigenvalue weighted by Gasteiger charge is 2.27. The minimum atomic E-state index is 0.0488. The molecule has 3 rings (SSSR count). The molecular formula is C16H20N4OS. The molecule has 0 aromatic carbocycles. The summed E-state index contributed by atoms with van der Waals surface area (Å²) in [6.45, 7) is 7.55. The highest BCUT2D eigenvalue weighted by atomic mass is 32.1. The van der Waals surface area contributed by atoms with Crippen molar-refractivity contribution in [3.63, 3.8) is 0 Å². The Morgan fingerprint density at radius 1 is 1.36 bits per heavy atom. The highest BCUT2D eigenvalue weighted by molar-refractivity contribution is 7.11. The Morgan fingerprint density at radius 3 is 2.86 bits per heavy atom. The van der Waals surface area contributed by atoms with Gasteiger partial charge in [-0.15, -0.1) is 11.3 Å². The number of likely N-dealkylation sites (tertiary alicyclic amines) is 1. The van der Waals surface area contributed by atoms with Crippen molar-refractivity contribution in [3.05, 3.63) is 39.1 Å². The fourth-order valence-electron chi connectivity index (χ4n) is 2.81. The Labute approximate surface area is 134 Å². The molecule has 5 nitrogen and oxygen atoms in total. The molecule has 3 heterocycles. The molecule has 6 heteroatoms. The monoisotopic (exact) mass is 316 g/mol. The van der Waals surface area contributed by atoms with Gasteiger partial charge in [0.05, 0.1) is 28.2 Å². The quantitative estimate of drug-likeness (QED) is 0.855. The predicted molar refractivity (Wildman–Crippen MR) is 86.2 cm³/mol. The topological polar surface area (TPSA) is 59.0 Å². The molecule has 0 radical (unpaired) electrons. The van der Waals surface area contributed by atoms with Gasteiger partial charge in [0, 0.05) is 23.9 Å². The fourth-order valence-corrected chi connectivity index (χ4v) is 3.86. The molecule has 0 bridgehead atoms. The number of nitrogens with zero attached hydrogens (tertiary/aromatic N) is 4. The average Bonchev–Trinajstić information content (AvgIpc) is 2.86. The van der Waals surface area contributed by atoms with Crippen LogP contribution < -0.4 is 0 Å². The molecule has 1 unspecified atom stereocenters. The van der Waals surface area contributed by atoms with Crippen LogP contribution in [0.25, 0.3) is 0 Å². The Morgan fingerprint density at radius 2 is 2.18 bits per heavy atom. The fraction of sp³-hybridized carbons (Fsp3) is 0.500. The third-order valence-corrected chi connectivity index (χ3v) is 5.36. The lowest BCUT2D eigenvalue weighted by Crippen LogP contribution is -2.39. The van der Waals surface area contributed by atoms with Crippen molar-refractivity contribution in [2.24, 2.45) is 0 Å². The van der Waals surface area contributed by atoms with E-state index in [0.717, 1.165) is 42.3 Å². The van der Waals surface area contributed by atoms with Crippen molar-refractivity contribution in [2.75, 3.05) is 13.1 Å². The first-order valence-electron chi connectivity index (χ1n) is 7.57. The molecule has 1 atom stereocenters. The molecular weight excluding hydrogens is 296 g/mol. The number of hydrogen-bond donors (Lipinski definition) is 0. The van der Waals surface area contributed by atoms with Crippen LogP contribution in [0.1, 0.15) is 50.4 Å². The maximum absolute atomic E-state index is 12.6. The predicted octanol–water partition coefficient (Wildman–Crippen LogP) is 2.88. The van der Waals surface area contributed by atoms with E-state index >= 15 is 0 Å². The second-order valence-corrected chi connectivity index (χ2v) is 7.10. The maximum atomic E-state index is 12.6. The van der Waals surface area contributed by atoms with Crippen molar-refractivity contribution < 1.29 is 4.79 Å². The van der Waals surface area contributed by atoms with Crippen LogP contribution in [0.3, 0.4) is 0 Å². The van der Waals surface area contributed by atoms with Crippen molar-refractivity contribution in [3.8, 4) is 0 Å². The molecule has 22 heavy (non-hydrogen) atoms. The molecule has 2 aromatic heterocycles. The highest BCUT2D eigenvalue weighted by Crippen LogP contribution is 2.31. The number of carbonyl (C=O) groups excluding carboxylic acids is 1. The smallest absolute Gasteiger partial charge is 0.255 e. The number of carbonyl (C=O) groups is 1. The van der Waals surface area contributed by atoms with Crippen LogP contribution in [0, 0.1) is 20.8 Å². The van der Waals surface area contributed by atoms with Gasteiger partial charge in [0.1, 0.15) is 0 Å². The van der Waals surface area contributed by atoms with Gasteiger partial charge in [-0.2, -0.15) is 10.2 Å². The second-order valence-electron chi connectivity index (χ2n) is 5.87. The first-order valence-corrected chi connectivity index (χ1v) is 8.39. The normalized spacial score (nSPS) is 18.5. The summed E-state index contributed by atoms with van der Waals surface area (Å²) in [4.78, 5) is 20.5. The van der Waals surface area contributed by atoms with Crippen LogP contribution >= 0.6 is 11.3 Å². The van der Waals surface area contributed by atoms with E-state index in [4.69, 9.17) is 0 Å². The number of aryl methyl sites for hydroxylation is 3. The van der Waals surface area contributed by atoms with Crippen LogP contribution in [0.5, 0.6) is 0 Å². The lowest BCUT2D eigenvalue weighted by molar-refractivity contribution is 0.0706. The standard InChI is InChI=1S/C16H20N4OS/c1-10-7-14(8-17-19-10)16(21)20-6-4-5-13(9-20)15-18-11(2)12(3)22-15/h7-8,13H,4-6,9H2,1-3H3. The van der Waals surface area contributed by atoms with Gasteiger partial charge in [0.2, 0.25) is 0 Å². The lowest BCUT2D eigenvalue weighted by Gasteiger charge is -2.31. The van der Waals surface area contributed by atoms with Crippen LogP contribution in [-0.4, -0.2) is 39.1 Å². The molecule has 2 aromatic rings. The zero-order chi connectivity index (χ0) is 15.7. The zero-order valence-corrected chi connectivity index (χ0v) is 14.0. The van der Waals surface area contributed by atoms with E-state index < -0.39 is 0 Å². The molecule has 0 spiro atoms. The number of thiazole rings is 1. The summed E-state index contributed by atoms with van der Waals surface area (Å²) < 4.78 is 0. The molecule has 0 aliphatic carbocycles. The van der Waals surface area contributed by atoms with E-state index in [0.29, 0.717) is 11.5 Å². The molecule has 1 aliphatic heterocycles. The lowest BCUT2D eigenvalue weighted by atomic mass is 9.98. The molecule has 1 aliphatic rings. The van der Waals surface area contributed by atoms with Gasteiger partial charge in [0.15, 0.2) is 0 Å². The minimum absolute atomic E-state index is 0.0488. The van der Waals surface area contributed by atoms with E-state index in [-0.39, 0.29) is 5.91 Å². The van der Waals surface area contributed by atoms with Crippen molar-refractivity contribution >= 4 is 17.2 Å². The van der Waals surface area contributed by atoms with Gasteiger partial charge in [-0.1, -0.05) is 0 Å². The zero-order valence-electron chi connectivity index (χ0n) is 13.2. The van der Waals surface area contributed by atoms with E-state index in [1.807, 2.05) is 18.7 Å². The Bertz CT molecular complexity index is 678. The minimum Gasteiger partial charge on any atom is -0.338 e. The summed E-state index contributed by atoms with van der Waals surface area (Å²) in [7, 11) is 0. The van der Waals surface area contributed by atoms with Gasteiger partial charge in [-0.3, -0.25) is 4.79 Å². The largest absolute Gasteiger partial charge is 0.338 e. The SMILES string of the molecule is Cc1cc(C(=O)N2CCCC(c3nc(C)c(C)s3)C2)cnn1. The molecule has 116 valence electrons. The number of hydrogen-bond acceptors (Lipinski definition) is 5. The van der Waals surface area contributed by atoms with Crippen molar-refractivity contribution in [2.45, 2.75) is 39.5 Å². The number of aromatic nitrogens is 3. The molecule has 0 N–H and O–H groups in total. The summed E-state index contributed by atoms with van der Waals surface area (Å²) in [5.41, 5.74) is 2.50. The molecule has 1 amide bonds. The van der Waals surface area contributed by atoms with Gasteiger partial charge in [0.25, 0.3) is 5.91 Å². The van der Waals surface area contributed by atoms with Crippen LogP contribution in [0.15, 0.2) is 12.3 Å². The maximum Gasteiger partial charge on any atom is 0.255 e. The summed E-state index contributed by atoms with van der Waals surface area (Å²) in [6, 6.07) is 1.80. The van der Waals surface area contributed by atoms with E-state index in [2.05, 4.69) is 22.1 Å². The molecule has 1 saturated heterocycles. The summed E-state index contributed by atoms with van der Waals surface area (Å²) in [5, 5.41) is 8.96. The number of amides is 1. The van der Waals surface area contributed by atoms with Crippen molar-refractivity contribution in [1.82, 2.24) is 20.1 Å². The first-order chi connectivity index (χ1) is 10.5. The molecule has 0 saturated carbocycles. The number of piperidine rings is 1. The van der Waals surface area contributed by atoms with Crippen LogP contribution in [-0.2, 0) is 0 Å². The third kappa shape index (κ3) is 3.02. The Kier molecular flexibility index (Phi) is 4.20. The van der Waals surface area contributed by atoms with Gasteiger partial charge >= 0.3 is 0 Å². The third-order valence-electron chi connectivity index (χ3n) is 4.13. The first kappa shape index (κ1) is 15.1. The van der Waals surface area contributed by atoms with Gasteiger partial charge in [-0.25, -0.2) is 4.98 Å². The number of rotatable bonds is 2. The summed E-state index contributed by atoms with van der Waals surface area (Å²) in [5.74, 6) is 0.402. The van der Waals surface area contributed by atoms with E-state index in [1.165, 1.54) is 4.88 Å².